The Morgan fingerprint density at radius 1 is 0.253 bits per heavy atom. The summed E-state index contributed by atoms with van der Waals surface area (Å²) in [5, 5.41) is 0. The van der Waals surface area contributed by atoms with E-state index in [0.29, 0.717) is 19.8 Å². The maximum atomic E-state index is 6.89. The molecule has 99 heavy (non-hydrogen) atoms. The molecule has 7 nitrogen and oxygen atoms in total. The highest BCUT2D eigenvalue weighted by Gasteiger charge is 2.22. The van der Waals surface area contributed by atoms with Gasteiger partial charge in [-0.25, -0.2) is 9.97 Å². The molecule has 2 aliphatic heterocycles. The summed E-state index contributed by atoms with van der Waals surface area (Å²) < 4.78 is 20.5. The Hall–Kier alpha value is -6.34. The van der Waals surface area contributed by atoms with E-state index in [1.165, 1.54) is 289 Å². The van der Waals surface area contributed by atoms with Crippen molar-refractivity contribution in [3.05, 3.63) is 126 Å². The Morgan fingerprint density at radius 2 is 0.505 bits per heavy atom. The lowest BCUT2D eigenvalue weighted by atomic mass is 10.0. The van der Waals surface area contributed by atoms with Gasteiger partial charge in [0.05, 0.1) is 42.6 Å². The minimum absolute atomic E-state index is 0.665. The Morgan fingerprint density at radius 3 is 0.818 bits per heavy atom. The van der Waals surface area contributed by atoms with E-state index in [1.807, 2.05) is 0 Å². The van der Waals surface area contributed by atoms with Crippen molar-refractivity contribution in [1.29, 1.82) is 0 Å². The van der Waals surface area contributed by atoms with Crippen molar-refractivity contribution in [3.8, 4) is 50.6 Å². The van der Waals surface area contributed by atoms with Crippen molar-refractivity contribution in [3.63, 3.8) is 0 Å². The van der Waals surface area contributed by atoms with Crippen molar-refractivity contribution in [2.75, 3.05) is 19.8 Å². The largest absolute Gasteiger partial charge is 0.493 e. The van der Waals surface area contributed by atoms with Crippen molar-refractivity contribution in [2.45, 2.75) is 329 Å². The molecule has 8 rings (SSSR count). The zero-order valence-corrected chi connectivity index (χ0v) is 62.8. The molecule has 0 spiro atoms. The number of benzene rings is 3. The van der Waals surface area contributed by atoms with Gasteiger partial charge in [0.2, 0.25) is 0 Å². The maximum Gasteiger partial charge on any atom is 0.127 e. The van der Waals surface area contributed by atoms with Crippen LogP contribution in [-0.2, 0) is 0 Å². The number of nitrogens with one attached hydrogen (secondary N) is 2. The predicted octanol–water partition coefficient (Wildman–Crippen LogP) is 29.6. The molecule has 6 aromatic rings. The van der Waals surface area contributed by atoms with Gasteiger partial charge in [0.15, 0.2) is 0 Å². The van der Waals surface area contributed by atoms with Crippen LogP contribution in [0.15, 0.2) is 103 Å². The summed E-state index contributed by atoms with van der Waals surface area (Å²) in [6, 6.07) is 36.7. The summed E-state index contributed by atoms with van der Waals surface area (Å²) in [5.74, 6) is 2.61. The molecule has 2 N–H and O–H groups in total. The zero-order valence-electron chi connectivity index (χ0n) is 62.8. The van der Waals surface area contributed by atoms with E-state index in [4.69, 9.17) is 24.2 Å². The van der Waals surface area contributed by atoms with Crippen molar-refractivity contribution in [2.24, 2.45) is 0 Å². The smallest absolute Gasteiger partial charge is 0.127 e. The van der Waals surface area contributed by atoms with E-state index in [-0.39, 0.29) is 0 Å². The summed E-state index contributed by atoms with van der Waals surface area (Å²) in [4.78, 5) is 19.0. The summed E-state index contributed by atoms with van der Waals surface area (Å²) in [5.41, 5.74) is 13.4. The minimum atomic E-state index is 0.665. The quantitative estimate of drug-likeness (QED) is 0.0371. The fourth-order valence-electron chi connectivity index (χ4n) is 14.9. The zero-order chi connectivity index (χ0) is 68.7. The number of ether oxygens (including phenoxy) is 3. The molecule has 0 unspecified atom stereocenters. The van der Waals surface area contributed by atoms with Gasteiger partial charge >= 0.3 is 0 Å². The second kappa shape index (κ2) is 49.3. The Labute approximate surface area is 602 Å². The van der Waals surface area contributed by atoms with E-state index in [0.717, 1.165) is 115 Å². The van der Waals surface area contributed by atoms with Gasteiger partial charge < -0.3 is 24.2 Å². The summed E-state index contributed by atoms with van der Waals surface area (Å²) >= 11 is 0. The Balaban J connectivity index is 0.987. The number of fused-ring (bicyclic) bond motifs is 8. The topological polar surface area (TPSA) is 85.1 Å². The third kappa shape index (κ3) is 28.9. The van der Waals surface area contributed by atoms with Gasteiger partial charge in [-0.3, -0.25) is 0 Å². The first kappa shape index (κ1) is 78.4. The molecule has 0 atom stereocenters. The van der Waals surface area contributed by atoms with Crippen LogP contribution < -0.4 is 14.2 Å². The van der Waals surface area contributed by atoms with Crippen molar-refractivity contribution >= 4 is 46.4 Å². The van der Waals surface area contributed by atoms with Crippen LogP contribution >= 0.6 is 0 Å². The third-order valence-corrected chi connectivity index (χ3v) is 20.8. The highest BCUT2D eigenvalue weighted by atomic mass is 16.5. The molecule has 540 valence electrons. The van der Waals surface area contributed by atoms with Crippen LogP contribution in [0.25, 0.3) is 79.8 Å². The molecule has 3 aromatic heterocycles. The molecule has 3 aromatic carbocycles. The number of rotatable bonds is 57. The molecule has 8 bridgehead atoms. The predicted molar refractivity (Wildman–Crippen MR) is 430 cm³/mol. The highest BCUT2D eigenvalue weighted by Crippen LogP contribution is 2.42. The van der Waals surface area contributed by atoms with Gasteiger partial charge in [0, 0.05) is 55.4 Å². The first-order valence-corrected chi connectivity index (χ1v) is 41.4. The normalized spacial score (nSPS) is 11.9. The molecule has 0 amide bonds. The molecule has 0 saturated heterocycles. The van der Waals surface area contributed by atoms with Crippen LogP contribution in [0.4, 0.5) is 0 Å². The maximum absolute atomic E-state index is 6.89. The standard InChI is InChI=1S/C92H134N4O3/c1-4-7-10-13-16-19-22-25-28-31-34-37-40-43-46-55-72-97-87-61-52-49-58-78(87)90-81-66-64-76(93-81)75-77-65-67-82(94-77)91(79-59-50-53-62-88(79)98-73-56-47-44-41-38-35-32-29-26-23-20-17-14-11-8-5-2)84-69-71-86(96-84)92(85-70-68-83(90)95-85)80-60-51-54-63-89(80)99-74-57-48-45-42-39-36-33-30-27-24-21-18-15-12-9-6-3/h49-54,58-71,75,93,96H,4-48,55-57,72-74H2,1-3H3. The third-order valence-electron chi connectivity index (χ3n) is 20.8. The molecular formula is C92H134N4O3. The number of aromatic nitrogens is 4. The molecule has 5 heterocycles. The molecule has 0 fully saturated rings. The van der Waals surface area contributed by atoms with E-state index in [1.54, 1.807) is 0 Å². The second-order valence-corrected chi connectivity index (χ2v) is 29.3. The number of hydrogen-bond acceptors (Lipinski definition) is 5. The minimum Gasteiger partial charge on any atom is -0.493 e. The van der Waals surface area contributed by atoms with Gasteiger partial charge in [0.1, 0.15) is 17.2 Å². The average Bonchev–Trinajstić information content (AvgIpc) is 1.65. The summed E-state index contributed by atoms with van der Waals surface area (Å²) in [6.45, 7) is 8.93. The second-order valence-electron chi connectivity index (χ2n) is 29.3. The molecule has 0 saturated carbocycles. The highest BCUT2D eigenvalue weighted by molar-refractivity contribution is 5.99. The molecule has 7 heteroatoms. The molecular weight excluding hydrogens is 1210 g/mol. The van der Waals surface area contributed by atoms with Gasteiger partial charge in [-0.15, -0.1) is 0 Å². The molecule has 0 aliphatic carbocycles. The van der Waals surface area contributed by atoms with Gasteiger partial charge in [-0.1, -0.05) is 364 Å². The van der Waals surface area contributed by atoms with Crippen LogP contribution in [0.1, 0.15) is 352 Å². The Kier molecular flexibility index (Phi) is 39.0. The number of aromatic amines is 2. The number of para-hydroxylation sites is 3. The fourth-order valence-corrected chi connectivity index (χ4v) is 14.9. The van der Waals surface area contributed by atoms with Crippen LogP contribution in [0.5, 0.6) is 17.2 Å². The Bertz CT molecular complexity index is 3280. The summed E-state index contributed by atoms with van der Waals surface area (Å²) in [6.07, 6.45) is 73.3. The van der Waals surface area contributed by atoms with Crippen LogP contribution in [0, 0.1) is 0 Å². The number of nitrogens with zero attached hydrogens (tertiary/aromatic N) is 2. The van der Waals surface area contributed by atoms with Crippen LogP contribution in [0.3, 0.4) is 0 Å². The molecule has 0 radical (unpaired) electrons. The van der Waals surface area contributed by atoms with E-state index >= 15 is 0 Å². The summed E-state index contributed by atoms with van der Waals surface area (Å²) in [7, 11) is 0. The monoisotopic (exact) mass is 1340 g/mol. The number of hydrogen-bond donors (Lipinski definition) is 2. The van der Waals surface area contributed by atoms with E-state index < -0.39 is 0 Å². The van der Waals surface area contributed by atoms with Gasteiger partial charge in [-0.05, 0) is 92.1 Å². The fraction of sp³-hybridized carbons (Fsp3) is 0.587. The lowest BCUT2D eigenvalue weighted by Gasteiger charge is -2.14. The lowest BCUT2D eigenvalue weighted by molar-refractivity contribution is 0.305. The first-order valence-electron chi connectivity index (χ1n) is 41.4. The van der Waals surface area contributed by atoms with Crippen molar-refractivity contribution < 1.29 is 14.2 Å². The molecule has 2 aliphatic rings. The van der Waals surface area contributed by atoms with Crippen LogP contribution in [-0.4, -0.2) is 39.8 Å². The number of H-pyrrole nitrogens is 2. The first-order chi connectivity index (χ1) is 49.1. The van der Waals surface area contributed by atoms with Crippen molar-refractivity contribution in [1.82, 2.24) is 19.9 Å². The lowest BCUT2D eigenvalue weighted by Crippen LogP contribution is -2.00. The van der Waals surface area contributed by atoms with E-state index in [2.05, 4.69) is 158 Å². The number of unbranched alkanes of at least 4 members (excludes halogenated alkanes) is 45. The van der Waals surface area contributed by atoms with Gasteiger partial charge in [0.25, 0.3) is 0 Å². The van der Waals surface area contributed by atoms with Crippen LogP contribution in [0.2, 0.25) is 0 Å². The van der Waals surface area contributed by atoms with E-state index in [9.17, 15) is 0 Å². The van der Waals surface area contributed by atoms with Gasteiger partial charge in [-0.2, -0.15) is 0 Å². The average molecular weight is 1340 g/mol. The SMILES string of the molecule is CCCCCCCCCCCCCCCCCCOc1ccccc1-c1c2nc(c(-c3ccccc3OCCCCCCCCCCCCCCCCCC)c3ccc([nH]3)c(-c3ccccc3OCCCCCCCCCCCCCCCCCC)c3nc(cc4ccc1[nH]4)C=C3)C=C2.